The molecule has 1 heterocycles. The first-order valence-electron chi connectivity index (χ1n) is 5.88. The van der Waals surface area contributed by atoms with Crippen molar-refractivity contribution in [3.63, 3.8) is 0 Å². The van der Waals surface area contributed by atoms with Gasteiger partial charge in [0.05, 0.1) is 13.1 Å². The van der Waals surface area contributed by atoms with Crippen LogP contribution in [0.2, 0.25) is 0 Å². The molecule has 2 rings (SSSR count). The van der Waals surface area contributed by atoms with Crippen LogP contribution in [0.5, 0.6) is 0 Å². The summed E-state index contributed by atoms with van der Waals surface area (Å²) in [6.07, 6.45) is 0.647. The average molecular weight is 258 g/mol. The van der Waals surface area contributed by atoms with Crippen LogP contribution in [0.1, 0.15) is 12.8 Å². The smallest absolute Gasteiger partial charge is 0.329 e. The van der Waals surface area contributed by atoms with E-state index in [0.717, 1.165) is 0 Å². The minimum Gasteiger partial charge on any atom is -0.480 e. The maximum absolute atomic E-state index is 12.0. The summed E-state index contributed by atoms with van der Waals surface area (Å²) in [5, 5.41) is 11.6. The van der Waals surface area contributed by atoms with E-state index in [1.165, 1.54) is 4.90 Å². The number of likely N-dealkylation sites (tertiary alicyclic amines) is 1. The molecule has 2 unspecified atom stereocenters. The number of urea groups is 1. The van der Waals surface area contributed by atoms with Crippen molar-refractivity contribution in [1.29, 1.82) is 0 Å². The fraction of sp³-hybridized carbons (Fsp3) is 0.818. The number of rotatable bonds is 4. The molecule has 18 heavy (non-hydrogen) atoms. The minimum atomic E-state index is -1.05. The van der Waals surface area contributed by atoms with Gasteiger partial charge >= 0.3 is 12.0 Å². The molecule has 0 radical (unpaired) electrons. The fourth-order valence-electron chi connectivity index (χ4n) is 2.16. The second kappa shape index (κ2) is 4.74. The van der Waals surface area contributed by atoms with E-state index in [1.54, 1.807) is 14.2 Å². The number of carbonyl (C=O) groups is 2. The summed E-state index contributed by atoms with van der Waals surface area (Å²) in [7, 11) is 3.13. The van der Waals surface area contributed by atoms with E-state index in [2.05, 4.69) is 5.32 Å². The first-order chi connectivity index (χ1) is 8.52. The molecule has 2 N–H and O–H groups in total. The van der Waals surface area contributed by atoms with E-state index in [0.29, 0.717) is 25.9 Å². The number of hydrogen-bond donors (Lipinski definition) is 2. The fourth-order valence-corrected chi connectivity index (χ4v) is 2.16. The largest absolute Gasteiger partial charge is 0.480 e. The molecular formula is C11H18N2O5. The Morgan fingerprint density at radius 3 is 2.06 bits per heavy atom. The van der Waals surface area contributed by atoms with Crippen LogP contribution >= 0.6 is 0 Å². The lowest BCUT2D eigenvalue weighted by Crippen LogP contribution is -2.49. The number of carboxylic acids is 1. The van der Waals surface area contributed by atoms with Crippen LogP contribution in [-0.4, -0.2) is 67.1 Å². The Labute approximate surface area is 105 Å². The highest BCUT2D eigenvalue weighted by Crippen LogP contribution is 2.35. The van der Waals surface area contributed by atoms with E-state index in [1.807, 2.05) is 0 Å². The van der Waals surface area contributed by atoms with Gasteiger partial charge in [-0.05, 0) is 12.8 Å². The number of hydrogen-bond acceptors (Lipinski definition) is 4. The minimum absolute atomic E-state index is 0.166. The molecule has 1 saturated heterocycles. The van der Waals surface area contributed by atoms with Crippen molar-refractivity contribution in [1.82, 2.24) is 10.2 Å². The summed E-state index contributed by atoms with van der Waals surface area (Å²) in [6, 6.07) is -0.364. The third-order valence-electron chi connectivity index (χ3n) is 3.61. The molecule has 102 valence electrons. The van der Waals surface area contributed by atoms with Gasteiger partial charge in [0.25, 0.3) is 0 Å². The highest BCUT2D eigenvalue weighted by molar-refractivity contribution is 5.89. The van der Waals surface area contributed by atoms with Gasteiger partial charge in [-0.2, -0.15) is 0 Å². The maximum Gasteiger partial charge on any atom is 0.329 e. The van der Waals surface area contributed by atoms with Crippen LogP contribution in [0, 0.1) is 0 Å². The predicted molar refractivity (Wildman–Crippen MR) is 61.3 cm³/mol. The molecule has 2 aliphatic rings. The van der Waals surface area contributed by atoms with Gasteiger partial charge in [-0.1, -0.05) is 0 Å². The number of ether oxygens (including phenoxy) is 2. The van der Waals surface area contributed by atoms with Crippen LogP contribution < -0.4 is 5.32 Å². The normalized spacial score (nSPS) is 29.1. The Kier molecular flexibility index (Phi) is 3.45. The third kappa shape index (κ3) is 2.28. The van der Waals surface area contributed by atoms with Gasteiger partial charge in [-0.3, -0.25) is 0 Å². The SMILES string of the molecule is COC1CN(C(=O)NC2(C(=O)O)CC2)CC1OC. The number of aliphatic carboxylic acids is 1. The van der Waals surface area contributed by atoms with Crippen molar-refractivity contribution in [2.75, 3.05) is 27.3 Å². The van der Waals surface area contributed by atoms with Gasteiger partial charge in [0.2, 0.25) is 0 Å². The Balaban J connectivity index is 1.93. The molecule has 0 aromatic carbocycles. The number of methoxy groups -OCH3 is 2. The zero-order chi connectivity index (χ0) is 13.3. The van der Waals surface area contributed by atoms with Gasteiger partial charge in [0, 0.05) is 14.2 Å². The molecule has 0 bridgehead atoms. The van der Waals surface area contributed by atoms with Crippen molar-refractivity contribution >= 4 is 12.0 Å². The molecule has 7 heteroatoms. The number of nitrogens with zero attached hydrogens (tertiary/aromatic N) is 1. The zero-order valence-corrected chi connectivity index (χ0v) is 10.5. The molecule has 2 atom stereocenters. The molecular weight excluding hydrogens is 240 g/mol. The molecule has 0 aromatic heterocycles. The van der Waals surface area contributed by atoms with Crippen molar-refractivity contribution in [3.05, 3.63) is 0 Å². The van der Waals surface area contributed by atoms with Crippen molar-refractivity contribution < 1.29 is 24.2 Å². The molecule has 1 aliphatic carbocycles. The van der Waals surface area contributed by atoms with Crippen LogP contribution in [0.15, 0.2) is 0 Å². The van der Waals surface area contributed by atoms with Crippen LogP contribution in [0.25, 0.3) is 0 Å². The highest BCUT2D eigenvalue weighted by Gasteiger charge is 2.52. The lowest BCUT2D eigenvalue weighted by molar-refractivity contribution is -0.140. The average Bonchev–Trinajstić information content (AvgIpc) is 3.00. The van der Waals surface area contributed by atoms with Crippen molar-refractivity contribution in [2.45, 2.75) is 30.6 Å². The standard InChI is InChI=1S/C11H18N2O5/c1-17-7-5-13(6-8(7)18-2)10(16)12-11(3-4-11)9(14)15/h7-8H,3-6H2,1-2H3,(H,12,16)(H,14,15). The lowest BCUT2D eigenvalue weighted by atomic mass is 10.3. The summed E-state index contributed by atoms with van der Waals surface area (Å²) in [4.78, 5) is 24.5. The van der Waals surface area contributed by atoms with Crippen molar-refractivity contribution in [2.24, 2.45) is 0 Å². The van der Waals surface area contributed by atoms with Gasteiger partial charge < -0.3 is 24.8 Å². The Bertz CT molecular complexity index is 343. The van der Waals surface area contributed by atoms with E-state index >= 15 is 0 Å². The second-order valence-corrected chi connectivity index (χ2v) is 4.77. The molecule has 1 saturated carbocycles. The van der Waals surface area contributed by atoms with E-state index in [4.69, 9.17) is 14.6 Å². The van der Waals surface area contributed by atoms with E-state index in [9.17, 15) is 9.59 Å². The molecule has 0 aromatic rings. The number of carbonyl (C=O) groups excluding carboxylic acids is 1. The topological polar surface area (TPSA) is 88.1 Å². The third-order valence-corrected chi connectivity index (χ3v) is 3.61. The molecule has 1 aliphatic heterocycles. The Hall–Kier alpha value is -1.34. The summed E-state index contributed by atoms with van der Waals surface area (Å²) in [5.74, 6) is -0.971. The molecule has 2 fully saturated rings. The van der Waals surface area contributed by atoms with Gasteiger partial charge in [0.1, 0.15) is 17.7 Å². The zero-order valence-electron chi connectivity index (χ0n) is 10.5. The van der Waals surface area contributed by atoms with Gasteiger partial charge in [0.15, 0.2) is 0 Å². The molecule has 0 spiro atoms. The van der Waals surface area contributed by atoms with Crippen molar-refractivity contribution in [3.8, 4) is 0 Å². The predicted octanol–water partition coefficient (Wildman–Crippen LogP) is -0.341. The van der Waals surface area contributed by atoms with Gasteiger partial charge in [-0.25, -0.2) is 9.59 Å². The molecule has 7 nitrogen and oxygen atoms in total. The Morgan fingerprint density at radius 1 is 1.22 bits per heavy atom. The maximum atomic E-state index is 12.0. The second-order valence-electron chi connectivity index (χ2n) is 4.77. The monoisotopic (exact) mass is 258 g/mol. The number of nitrogens with one attached hydrogen (secondary N) is 1. The number of amides is 2. The first-order valence-corrected chi connectivity index (χ1v) is 5.88. The molecule has 2 amide bonds. The van der Waals surface area contributed by atoms with Crippen LogP contribution in [-0.2, 0) is 14.3 Å². The summed E-state index contributed by atoms with van der Waals surface area (Å²) in [5.41, 5.74) is -1.05. The summed E-state index contributed by atoms with van der Waals surface area (Å²) < 4.78 is 10.5. The van der Waals surface area contributed by atoms with E-state index in [-0.39, 0.29) is 18.2 Å². The first kappa shape index (κ1) is 13.1. The van der Waals surface area contributed by atoms with Gasteiger partial charge in [-0.15, -0.1) is 0 Å². The summed E-state index contributed by atoms with van der Waals surface area (Å²) >= 11 is 0. The van der Waals surface area contributed by atoms with E-state index < -0.39 is 11.5 Å². The summed E-state index contributed by atoms with van der Waals surface area (Å²) in [6.45, 7) is 0.826. The number of carboxylic acid groups (broad SMARTS) is 1. The quantitative estimate of drug-likeness (QED) is 0.720. The Morgan fingerprint density at radius 2 is 1.72 bits per heavy atom. The van der Waals surface area contributed by atoms with Crippen LogP contribution in [0.3, 0.4) is 0 Å². The van der Waals surface area contributed by atoms with Crippen LogP contribution in [0.4, 0.5) is 4.79 Å². The highest BCUT2D eigenvalue weighted by atomic mass is 16.5. The lowest BCUT2D eigenvalue weighted by Gasteiger charge is -2.20.